The van der Waals surface area contributed by atoms with Crippen molar-refractivity contribution in [2.24, 2.45) is 5.73 Å². The zero-order chi connectivity index (χ0) is 8.97. The van der Waals surface area contributed by atoms with Gasteiger partial charge in [0.15, 0.2) is 0 Å². The van der Waals surface area contributed by atoms with E-state index in [-0.39, 0.29) is 5.00 Å². The van der Waals surface area contributed by atoms with Gasteiger partial charge in [0.25, 0.3) is 0 Å². The minimum absolute atomic E-state index is 0.0478. The highest BCUT2D eigenvalue weighted by molar-refractivity contribution is 7.15. The number of rotatable bonds is 3. The molecule has 0 amide bonds. The average Bonchev–Trinajstić information content (AvgIpc) is 2.48. The van der Waals surface area contributed by atoms with Gasteiger partial charge in [0.05, 0.1) is 4.92 Å². The summed E-state index contributed by atoms with van der Waals surface area (Å²) in [6, 6.07) is 0. The topological polar surface area (TPSA) is 82.0 Å². The lowest BCUT2D eigenvalue weighted by Crippen LogP contribution is -1.91. The molecule has 0 fully saturated rings. The molecule has 0 bridgehead atoms. The fourth-order valence-electron chi connectivity index (χ4n) is 0.609. The Balaban J connectivity index is 2.77. The van der Waals surface area contributed by atoms with E-state index < -0.39 is 4.92 Å². The lowest BCUT2D eigenvalue weighted by molar-refractivity contribution is -0.380. The Labute approximate surface area is 72.7 Å². The Hall–Kier alpha value is -1.27. The van der Waals surface area contributed by atoms with E-state index in [0.29, 0.717) is 11.6 Å². The molecule has 1 heterocycles. The molecule has 0 unspecified atom stereocenters. The zero-order valence-electron chi connectivity index (χ0n) is 6.14. The third-order valence-corrected chi connectivity index (χ3v) is 2.00. The van der Waals surface area contributed by atoms with Crippen molar-refractivity contribution < 1.29 is 4.92 Å². The third kappa shape index (κ3) is 2.11. The number of nitro groups is 1. The largest absolute Gasteiger partial charge is 0.344 e. The first-order chi connectivity index (χ1) is 5.74. The molecule has 1 aromatic heterocycles. The van der Waals surface area contributed by atoms with Crippen molar-refractivity contribution in [3.8, 4) is 0 Å². The number of nitrogens with zero attached hydrogens (tertiary/aromatic N) is 2. The minimum atomic E-state index is -0.461. The molecular formula is C6H7N3O2S. The number of hydrogen-bond acceptors (Lipinski definition) is 5. The Morgan fingerprint density at radius 3 is 3.08 bits per heavy atom. The van der Waals surface area contributed by atoms with Crippen molar-refractivity contribution in [1.29, 1.82) is 0 Å². The molecule has 0 atom stereocenters. The summed E-state index contributed by atoms with van der Waals surface area (Å²) in [5.74, 6) is 0. The predicted octanol–water partition coefficient (Wildman–Crippen LogP) is 1.02. The van der Waals surface area contributed by atoms with Gasteiger partial charge >= 0.3 is 5.00 Å². The van der Waals surface area contributed by atoms with Gasteiger partial charge in [-0.2, -0.15) is 0 Å². The average molecular weight is 185 g/mol. The maximum Gasteiger partial charge on any atom is 0.344 e. The first-order valence-electron chi connectivity index (χ1n) is 3.21. The molecule has 0 spiro atoms. The molecule has 0 saturated heterocycles. The van der Waals surface area contributed by atoms with Crippen LogP contribution in [-0.4, -0.2) is 16.5 Å². The van der Waals surface area contributed by atoms with Gasteiger partial charge in [-0.1, -0.05) is 6.08 Å². The van der Waals surface area contributed by atoms with Gasteiger partial charge < -0.3 is 5.73 Å². The maximum absolute atomic E-state index is 10.2. The number of hydrogen-bond donors (Lipinski definition) is 1. The van der Waals surface area contributed by atoms with Crippen LogP contribution in [0, 0.1) is 10.1 Å². The van der Waals surface area contributed by atoms with E-state index >= 15 is 0 Å². The van der Waals surface area contributed by atoms with Crippen molar-refractivity contribution in [2.75, 3.05) is 6.54 Å². The second kappa shape index (κ2) is 3.93. The molecular weight excluding hydrogens is 178 g/mol. The van der Waals surface area contributed by atoms with E-state index in [1.807, 2.05) is 0 Å². The first kappa shape index (κ1) is 8.82. The molecule has 0 aromatic carbocycles. The second-order valence-corrected chi connectivity index (χ2v) is 2.97. The standard InChI is InChI=1S/C6H7N3O2S/c7-3-1-2-5-8-4-6(12-5)9(10)11/h1-2,4H,3,7H2. The number of thiazole rings is 1. The summed E-state index contributed by atoms with van der Waals surface area (Å²) in [6.45, 7) is 0.410. The molecule has 0 saturated carbocycles. The van der Waals surface area contributed by atoms with Crippen molar-refractivity contribution >= 4 is 22.4 Å². The van der Waals surface area contributed by atoms with Crippen LogP contribution in [0.4, 0.5) is 5.00 Å². The highest BCUT2D eigenvalue weighted by Crippen LogP contribution is 2.21. The lowest BCUT2D eigenvalue weighted by Gasteiger charge is -1.79. The summed E-state index contributed by atoms with van der Waals surface area (Å²) in [5.41, 5.74) is 5.20. The third-order valence-electron chi connectivity index (χ3n) is 1.09. The summed E-state index contributed by atoms with van der Waals surface area (Å²) in [4.78, 5) is 13.6. The van der Waals surface area contributed by atoms with E-state index in [4.69, 9.17) is 5.73 Å². The van der Waals surface area contributed by atoms with Crippen molar-refractivity contribution in [2.45, 2.75) is 0 Å². The Morgan fingerprint density at radius 2 is 2.58 bits per heavy atom. The molecule has 6 heteroatoms. The van der Waals surface area contributed by atoms with E-state index in [1.54, 1.807) is 12.2 Å². The van der Waals surface area contributed by atoms with Crippen LogP contribution in [0.25, 0.3) is 6.08 Å². The summed E-state index contributed by atoms with van der Waals surface area (Å²) < 4.78 is 0. The first-order valence-corrected chi connectivity index (χ1v) is 4.02. The molecule has 1 aromatic rings. The number of nitrogens with two attached hydrogens (primary N) is 1. The molecule has 0 aliphatic heterocycles. The van der Waals surface area contributed by atoms with Crippen molar-refractivity contribution in [3.05, 3.63) is 27.4 Å². The van der Waals surface area contributed by atoms with Crippen LogP contribution < -0.4 is 5.73 Å². The molecule has 1 rings (SSSR count). The van der Waals surface area contributed by atoms with Crippen LogP contribution in [0.1, 0.15) is 5.01 Å². The molecule has 5 nitrogen and oxygen atoms in total. The second-order valence-electron chi connectivity index (χ2n) is 1.93. The van der Waals surface area contributed by atoms with Gasteiger partial charge in [-0.3, -0.25) is 10.1 Å². The summed E-state index contributed by atoms with van der Waals surface area (Å²) in [6.07, 6.45) is 4.60. The maximum atomic E-state index is 10.2. The summed E-state index contributed by atoms with van der Waals surface area (Å²) in [5, 5.41) is 10.9. The van der Waals surface area contributed by atoms with Gasteiger partial charge in [0.1, 0.15) is 11.2 Å². The Kier molecular flexibility index (Phi) is 2.89. The fourth-order valence-corrected chi connectivity index (χ4v) is 1.27. The lowest BCUT2D eigenvalue weighted by atomic mass is 10.5. The van der Waals surface area contributed by atoms with Gasteiger partial charge in [-0.15, -0.1) is 0 Å². The van der Waals surface area contributed by atoms with Gasteiger partial charge in [0, 0.05) is 6.54 Å². The zero-order valence-corrected chi connectivity index (χ0v) is 6.95. The van der Waals surface area contributed by atoms with Crippen molar-refractivity contribution in [3.63, 3.8) is 0 Å². The van der Waals surface area contributed by atoms with Crippen LogP contribution in [-0.2, 0) is 0 Å². The van der Waals surface area contributed by atoms with Crippen LogP contribution in [0.5, 0.6) is 0 Å². The molecule has 0 aliphatic rings. The van der Waals surface area contributed by atoms with Gasteiger partial charge in [-0.25, -0.2) is 4.98 Å². The summed E-state index contributed by atoms with van der Waals surface area (Å²) >= 11 is 1.03. The molecule has 64 valence electrons. The monoisotopic (exact) mass is 185 g/mol. The highest BCUT2D eigenvalue weighted by Gasteiger charge is 2.08. The molecule has 0 radical (unpaired) electrons. The van der Waals surface area contributed by atoms with E-state index in [2.05, 4.69) is 4.98 Å². The number of aromatic nitrogens is 1. The summed E-state index contributed by atoms with van der Waals surface area (Å²) in [7, 11) is 0. The van der Waals surface area contributed by atoms with Gasteiger partial charge in [0.2, 0.25) is 0 Å². The van der Waals surface area contributed by atoms with E-state index in [1.165, 1.54) is 6.20 Å². The van der Waals surface area contributed by atoms with Crippen LogP contribution >= 0.6 is 11.3 Å². The quantitative estimate of drug-likeness (QED) is 0.563. The highest BCUT2D eigenvalue weighted by atomic mass is 32.1. The molecule has 12 heavy (non-hydrogen) atoms. The molecule has 2 N–H and O–H groups in total. The van der Waals surface area contributed by atoms with E-state index in [9.17, 15) is 10.1 Å². The molecule has 0 aliphatic carbocycles. The smallest absolute Gasteiger partial charge is 0.327 e. The van der Waals surface area contributed by atoms with Gasteiger partial charge in [-0.05, 0) is 17.4 Å². The normalized spacial score (nSPS) is 10.8. The minimum Gasteiger partial charge on any atom is -0.327 e. The Bertz CT molecular complexity index is 307. The van der Waals surface area contributed by atoms with Crippen LogP contribution in [0.3, 0.4) is 0 Å². The SMILES string of the molecule is NCC=Cc1ncc([N+](=O)[O-])s1. The van der Waals surface area contributed by atoms with Crippen molar-refractivity contribution in [1.82, 2.24) is 4.98 Å². The Morgan fingerprint density at radius 1 is 1.83 bits per heavy atom. The van der Waals surface area contributed by atoms with Crippen LogP contribution in [0.15, 0.2) is 12.3 Å². The fraction of sp³-hybridized carbons (Fsp3) is 0.167. The predicted molar refractivity (Wildman–Crippen MR) is 46.9 cm³/mol. The van der Waals surface area contributed by atoms with E-state index in [0.717, 1.165) is 11.3 Å². The van der Waals surface area contributed by atoms with Crippen LogP contribution in [0.2, 0.25) is 0 Å².